The van der Waals surface area contributed by atoms with Crippen molar-refractivity contribution in [3.05, 3.63) is 83.9 Å². The average Bonchev–Trinajstić information content (AvgIpc) is 2.71. The van der Waals surface area contributed by atoms with Crippen molar-refractivity contribution in [2.75, 3.05) is 0 Å². The first kappa shape index (κ1) is 17.8. The predicted molar refractivity (Wildman–Crippen MR) is 120 cm³/mol. The van der Waals surface area contributed by atoms with Gasteiger partial charge in [0.05, 0.1) is 0 Å². The van der Waals surface area contributed by atoms with Crippen molar-refractivity contribution in [2.45, 2.75) is 46.0 Å². The fourth-order valence-corrected chi connectivity index (χ4v) is 3.79. The molecular weight excluding hydrogens is 324 g/mol. The Hall–Kier alpha value is -2.60. The zero-order valence-corrected chi connectivity index (χ0v) is 16.8. The van der Waals surface area contributed by atoms with Crippen LogP contribution < -0.4 is 0 Å². The van der Waals surface area contributed by atoms with Crippen LogP contribution in [0.1, 0.15) is 57.1 Å². The van der Waals surface area contributed by atoms with Crippen LogP contribution in [0.3, 0.4) is 0 Å². The molecule has 4 aromatic carbocycles. The molecule has 0 fully saturated rings. The van der Waals surface area contributed by atoms with Crippen LogP contribution in [0, 0.1) is 0 Å². The van der Waals surface area contributed by atoms with Crippen LogP contribution in [0.5, 0.6) is 0 Å². The molecule has 0 radical (unpaired) electrons. The van der Waals surface area contributed by atoms with Crippen molar-refractivity contribution in [1.29, 1.82) is 0 Å². The van der Waals surface area contributed by atoms with E-state index in [1.54, 1.807) is 0 Å². The van der Waals surface area contributed by atoms with Gasteiger partial charge in [0.1, 0.15) is 0 Å². The zero-order valence-electron chi connectivity index (χ0n) is 16.8. The first-order valence-corrected chi connectivity index (χ1v) is 10.1. The Kier molecular flexibility index (Phi) is 4.74. The summed E-state index contributed by atoms with van der Waals surface area (Å²) in [5.41, 5.74) is 5.41. The van der Waals surface area contributed by atoms with Crippen molar-refractivity contribution in [3.63, 3.8) is 0 Å². The van der Waals surface area contributed by atoms with E-state index in [0.29, 0.717) is 11.8 Å². The highest BCUT2D eigenvalue weighted by atomic mass is 14.1. The van der Waals surface area contributed by atoms with Gasteiger partial charge in [-0.2, -0.15) is 0 Å². The van der Waals surface area contributed by atoms with E-state index in [2.05, 4.69) is 100 Å². The maximum Gasteiger partial charge on any atom is -0.0177 e. The van der Waals surface area contributed by atoms with Crippen molar-refractivity contribution < 1.29 is 0 Å². The number of hydrogen-bond acceptors (Lipinski definition) is 0. The number of fused-ring (bicyclic) bond motifs is 2. The molecule has 0 aromatic heterocycles. The van der Waals surface area contributed by atoms with Gasteiger partial charge in [-0.15, -0.1) is 0 Å². The second kappa shape index (κ2) is 7.19. The standard InChI is InChI=1S/C27H28/c1-5-19(4)21-7-9-25-17-27(13-11-23(25)15-21)26-12-10-22-14-20(18(2)3)6-8-24(22)16-26/h6-19H,5H2,1-4H3. The fourth-order valence-electron chi connectivity index (χ4n) is 3.79. The molecule has 0 nitrogen and oxygen atoms in total. The molecule has 4 aromatic rings. The Labute approximate surface area is 162 Å². The molecule has 0 aliphatic rings. The van der Waals surface area contributed by atoms with Gasteiger partial charge in [0.2, 0.25) is 0 Å². The summed E-state index contributed by atoms with van der Waals surface area (Å²) in [7, 11) is 0. The molecule has 0 amide bonds. The van der Waals surface area contributed by atoms with E-state index < -0.39 is 0 Å². The molecule has 0 spiro atoms. The molecule has 0 aliphatic heterocycles. The van der Waals surface area contributed by atoms with Crippen molar-refractivity contribution >= 4 is 21.5 Å². The average molecular weight is 353 g/mol. The van der Waals surface area contributed by atoms with Crippen LogP contribution in [-0.4, -0.2) is 0 Å². The Balaban J connectivity index is 1.73. The molecule has 27 heavy (non-hydrogen) atoms. The highest BCUT2D eigenvalue weighted by Gasteiger charge is 2.07. The summed E-state index contributed by atoms with van der Waals surface area (Å²) in [5.74, 6) is 1.18. The second-order valence-electron chi connectivity index (χ2n) is 8.11. The summed E-state index contributed by atoms with van der Waals surface area (Å²) in [6.07, 6.45) is 1.18. The van der Waals surface area contributed by atoms with Gasteiger partial charge >= 0.3 is 0 Å². The van der Waals surface area contributed by atoms with E-state index in [0.717, 1.165) is 0 Å². The molecule has 4 rings (SSSR count). The molecule has 0 N–H and O–H groups in total. The van der Waals surface area contributed by atoms with Gasteiger partial charge in [0, 0.05) is 0 Å². The van der Waals surface area contributed by atoms with Crippen molar-refractivity contribution in [3.8, 4) is 11.1 Å². The molecule has 0 heterocycles. The normalized spacial score (nSPS) is 12.8. The smallest absolute Gasteiger partial charge is 0.0177 e. The Bertz CT molecular complexity index is 1100. The minimum atomic E-state index is 0.565. The van der Waals surface area contributed by atoms with Crippen LogP contribution in [0.15, 0.2) is 72.8 Å². The molecule has 136 valence electrons. The first-order valence-electron chi connectivity index (χ1n) is 10.1. The molecular formula is C27H28. The summed E-state index contributed by atoms with van der Waals surface area (Å²) in [4.78, 5) is 0. The third kappa shape index (κ3) is 3.49. The summed E-state index contributed by atoms with van der Waals surface area (Å²) in [6.45, 7) is 9.05. The maximum absolute atomic E-state index is 2.35. The van der Waals surface area contributed by atoms with Crippen LogP contribution >= 0.6 is 0 Å². The SMILES string of the molecule is CCC(C)c1ccc2cc(-c3ccc4cc(C(C)C)ccc4c3)ccc2c1. The molecule has 0 bridgehead atoms. The lowest BCUT2D eigenvalue weighted by atomic mass is 9.93. The summed E-state index contributed by atoms with van der Waals surface area (Å²) in [5, 5.41) is 5.28. The molecule has 0 saturated heterocycles. The quantitative estimate of drug-likeness (QED) is 0.346. The lowest BCUT2D eigenvalue weighted by molar-refractivity contribution is 0.735. The molecule has 0 heteroatoms. The van der Waals surface area contributed by atoms with E-state index in [9.17, 15) is 0 Å². The first-order chi connectivity index (χ1) is 13.0. The van der Waals surface area contributed by atoms with Crippen LogP contribution in [0.25, 0.3) is 32.7 Å². The molecule has 0 aliphatic carbocycles. The second-order valence-corrected chi connectivity index (χ2v) is 8.11. The van der Waals surface area contributed by atoms with Gasteiger partial charge < -0.3 is 0 Å². The van der Waals surface area contributed by atoms with E-state index in [4.69, 9.17) is 0 Å². The minimum Gasteiger partial charge on any atom is -0.0648 e. The Morgan fingerprint density at radius 3 is 1.52 bits per heavy atom. The molecule has 1 atom stereocenters. The van der Waals surface area contributed by atoms with E-state index in [1.807, 2.05) is 0 Å². The highest BCUT2D eigenvalue weighted by Crippen LogP contribution is 2.30. The van der Waals surface area contributed by atoms with Crippen LogP contribution in [-0.2, 0) is 0 Å². The third-order valence-electron chi connectivity index (χ3n) is 5.91. The van der Waals surface area contributed by atoms with E-state index >= 15 is 0 Å². The highest BCUT2D eigenvalue weighted by molar-refractivity contribution is 5.91. The van der Waals surface area contributed by atoms with E-state index in [-0.39, 0.29) is 0 Å². The molecule has 0 saturated carbocycles. The van der Waals surface area contributed by atoms with Crippen molar-refractivity contribution in [1.82, 2.24) is 0 Å². The lowest BCUT2D eigenvalue weighted by Gasteiger charge is -2.12. The van der Waals surface area contributed by atoms with Gasteiger partial charge in [-0.3, -0.25) is 0 Å². The zero-order chi connectivity index (χ0) is 19.0. The largest absolute Gasteiger partial charge is 0.0648 e. The van der Waals surface area contributed by atoms with Crippen LogP contribution in [0.2, 0.25) is 0 Å². The number of benzene rings is 4. The summed E-state index contributed by atoms with van der Waals surface area (Å²) in [6, 6.07) is 27.4. The van der Waals surface area contributed by atoms with Gasteiger partial charge in [-0.05, 0) is 74.2 Å². The van der Waals surface area contributed by atoms with E-state index in [1.165, 1.54) is 50.2 Å². The van der Waals surface area contributed by atoms with Crippen LogP contribution in [0.4, 0.5) is 0 Å². The maximum atomic E-state index is 2.35. The topological polar surface area (TPSA) is 0 Å². The summed E-state index contributed by atoms with van der Waals surface area (Å²) < 4.78 is 0. The fraction of sp³-hybridized carbons (Fsp3) is 0.259. The van der Waals surface area contributed by atoms with Gasteiger partial charge in [-0.1, -0.05) is 88.4 Å². The lowest BCUT2D eigenvalue weighted by Crippen LogP contribution is -1.91. The van der Waals surface area contributed by atoms with Gasteiger partial charge in [0.15, 0.2) is 0 Å². The Morgan fingerprint density at radius 1 is 0.556 bits per heavy atom. The predicted octanol–water partition coefficient (Wildman–Crippen LogP) is 8.30. The third-order valence-corrected chi connectivity index (χ3v) is 5.91. The number of hydrogen-bond donors (Lipinski definition) is 0. The monoisotopic (exact) mass is 352 g/mol. The minimum absolute atomic E-state index is 0.565. The number of rotatable bonds is 4. The molecule has 1 unspecified atom stereocenters. The van der Waals surface area contributed by atoms with Crippen molar-refractivity contribution in [2.24, 2.45) is 0 Å². The summed E-state index contributed by atoms with van der Waals surface area (Å²) >= 11 is 0. The van der Waals surface area contributed by atoms with Gasteiger partial charge in [0.25, 0.3) is 0 Å². The Morgan fingerprint density at radius 2 is 1.00 bits per heavy atom. The van der Waals surface area contributed by atoms with Gasteiger partial charge in [-0.25, -0.2) is 0 Å².